The molecule has 2 fully saturated rings. The molecule has 2 aromatic heterocycles. The molecule has 32 heavy (non-hydrogen) atoms. The number of anilines is 2. The average Bonchev–Trinajstić information content (AvgIpc) is 3.22. The molecule has 1 saturated heterocycles. The Morgan fingerprint density at radius 3 is 2.62 bits per heavy atom. The molecule has 0 unspecified atom stereocenters. The van der Waals surface area contributed by atoms with E-state index in [1.54, 1.807) is 17.1 Å². The van der Waals surface area contributed by atoms with Crippen LogP contribution in [0.3, 0.4) is 0 Å². The lowest BCUT2D eigenvalue weighted by atomic mass is 9.92. The first kappa shape index (κ1) is 20.9. The number of benzene rings is 1. The minimum Gasteiger partial charge on any atom is -0.424 e. The summed E-state index contributed by atoms with van der Waals surface area (Å²) in [5, 5.41) is 8.37. The van der Waals surface area contributed by atoms with Gasteiger partial charge in [-0.3, -0.25) is 0 Å². The van der Waals surface area contributed by atoms with Gasteiger partial charge in [-0.15, -0.1) is 5.10 Å². The molecule has 0 radical (unpaired) electrons. The standard InChI is InChI=1S/C22H25ClFN7O/c1-3-31-22(32-18-8-16(23)7-17(24)9-18)28-21(29-31)27-20-14-4-5-15(20)11-30(10-14)19-6-13(2)25-12-26-19/h6-9,12,14-15,20H,3-5,10-11H2,1-2H3,(H,27,29)/t14-,15+,20+. The minimum absolute atomic E-state index is 0.267. The number of ether oxygens (including phenoxy) is 1. The van der Waals surface area contributed by atoms with Crippen LogP contribution >= 0.6 is 11.6 Å². The Balaban J connectivity index is 1.30. The molecule has 3 heterocycles. The molecule has 0 amide bonds. The van der Waals surface area contributed by atoms with Gasteiger partial charge in [0.1, 0.15) is 23.7 Å². The summed E-state index contributed by atoms with van der Waals surface area (Å²) in [6, 6.07) is 6.70. The predicted molar refractivity (Wildman–Crippen MR) is 120 cm³/mol. The summed E-state index contributed by atoms with van der Waals surface area (Å²) in [5.41, 5.74) is 0.976. The number of nitrogens with one attached hydrogen (secondary N) is 1. The lowest BCUT2D eigenvalue weighted by molar-refractivity contribution is 0.374. The van der Waals surface area contributed by atoms with Gasteiger partial charge in [-0.25, -0.2) is 19.0 Å². The summed E-state index contributed by atoms with van der Waals surface area (Å²) in [4.78, 5) is 15.6. The predicted octanol–water partition coefficient (Wildman–Crippen LogP) is 4.31. The fraction of sp³-hybridized carbons (Fsp3) is 0.455. The van der Waals surface area contributed by atoms with E-state index in [1.807, 2.05) is 19.9 Å². The number of halogens is 2. The van der Waals surface area contributed by atoms with Crippen molar-refractivity contribution < 1.29 is 9.13 Å². The third-order valence-corrected chi connectivity index (χ3v) is 6.44. The van der Waals surface area contributed by atoms with Gasteiger partial charge >= 0.3 is 6.01 Å². The summed E-state index contributed by atoms with van der Waals surface area (Å²) >= 11 is 5.94. The second-order valence-corrected chi connectivity index (χ2v) is 8.87. The Bertz CT molecular complexity index is 1090. The highest BCUT2D eigenvalue weighted by Crippen LogP contribution is 2.39. The fourth-order valence-electron chi connectivity index (χ4n) is 4.77. The second kappa shape index (κ2) is 8.54. The van der Waals surface area contributed by atoms with Crippen LogP contribution in [-0.4, -0.2) is 43.9 Å². The molecule has 1 aliphatic heterocycles. The number of hydrogen-bond donors (Lipinski definition) is 1. The maximum atomic E-state index is 13.7. The third-order valence-electron chi connectivity index (χ3n) is 6.23. The molecule has 2 bridgehead atoms. The van der Waals surface area contributed by atoms with E-state index in [-0.39, 0.29) is 10.8 Å². The topological polar surface area (TPSA) is 81.0 Å². The van der Waals surface area contributed by atoms with E-state index >= 15 is 0 Å². The van der Waals surface area contributed by atoms with E-state index in [0.717, 1.165) is 37.4 Å². The number of piperidine rings is 1. The van der Waals surface area contributed by atoms with Gasteiger partial charge in [-0.2, -0.15) is 4.98 Å². The van der Waals surface area contributed by atoms with Crippen LogP contribution in [0.5, 0.6) is 11.8 Å². The van der Waals surface area contributed by atoms with Crippen LogP contribution in [0, 0.1) is 24.6 Å². The van der Waals surface area contributed by atoms with Gasteiger partial charge in [0.05, 0.1) is 0 Å². The van der Waals surface area contributed by atoms with Crippen LogP contribution in [0.2, 0.25) is 5.02 Å². The molecule has 1 saturated carbocycles. The van der Waals surface area contributed by atoms with Crippen molar-refractivity contribution in [3.8, 4) is 11.8 Å². The lowest BCUT2D eigenvalue weighted by Crippen LogP contribution is -2.48. The Labute approximate surface area is 190 Å². The van der Waals surface area contributed by atoms with Crippen LogP contribution in [-0.2, 0) is 6.54 Å². The van der Waals surface area contributed by atoms with E-state index < -0.39 is 5.82 Å². The summed E-state index contributed by atoms with van der Waals surface area (Å²) in [5.74, 6) is 2.30. The fourth-order valence-corrected chi connectivity index (χ4v) is 4.98. The molecule has 1 aliphatic carbocycles. The SMILES string of the molecule is CCn1nc(N[C@H]2[C@@H]3CC[C@H]2CN(c2cc(C)ncn2)C3)nc1Oc1cc(F)cc(Cl)c1. The van der Waals surface area contributed by atoms with Crippen molar-refractivity contribution >= 4 is 23.4 Å². The van der Waals surface area contributed by atoms with Gasteiger partial charge in [0.15, 0.2) is 0 Å². The first-order valence-corrected chi connectivity index (χ1v) is 11.2. The van der Waals surface area contributed by atoms with Gasteiger partial charge < -0.3 is 15.0 Å². The molecule has 3 aromatic rings. The zero-order chi connectivity index (χ0) is 22.2. The molecule has 168 valence electrons. The summed E-state index contributed by atoms with van der Waals surface area (Å²) < 4.78 is 21.1. The summed E-state index contributed by atoms with van der Waals surface area (Å²) in [6.07, 6.45) is 3.94. The number of aromatic nitrogens is 5. The van der Waals surface area contributed by atoms with Crippen molar-refractivity contribution in [2.75, 3.05) is 23.3 Å². The molecular formula is C22H25ClFN7O. The number of rotatable bonds is 6. The van der Waals surface area contributed by atoms with Crippen LogP contribution in [0.4, 0.5) is 16.2 Å². The Morgan fingerprint density at radius 2 is 1.94 bits per heavy atom. The maximum Gasteiger partial charge on any atom is 0.322 e. The van der Waals surface area contributed by atoms with Gasteiger partial charge in [0.25, 0.3) is 0 Å². The van der Waals surface area contributed by atoms with Crippen LogP contribution in [0.1, 0.15) is 25.5 Å². The van der Waals surface area contributed by atoms with Crippen LogP contribution < -0.4 is 15.0 Å². The van der Waals surface area contributed by atoms with Crippen molar-refractivity contribution in [3.63, 3.8) is 0 Å². The third kappa shape index (κ3) is 4.21. The normalized spacial score (nSPS) is 22.2. The molecule has 1 N–H and O–H groups in total. The highest BCUT2D eigenvalue weighted by molar-refractivity contribution is 6.30. The molecule has 2 aliphatic rings. The van der Waals surface area contributed by atoms with Crippen LogP contribution in [0.25, 0.3) is 0 Å². The lowest BCUT2D eigenvalue weighted by Gasteiger charge is -2.38. The van der Waals surface area contributed by atoms with Crippen molar-refractivity contribution in [3.05, 3.63) is 47.1 Å². The average molecular weight is 458 g/mol. The Kier molecular flexibility index (Phi) is 5.58. The van der Waals surface area contributed by atoms with Crippen molar-refractivity contribution in [1.29, 1.82) is 0 Å². The molecule has 3 atom stereocenters. The smallest absolute Gasteiger partial charge is 0.322 e. The molecule has 8 nitrogen and oxygen atoms in total. The zero-order valence-corrected chi connectivity index (χ0v) is 18.8. The van der Waals surface area contributed by atoms with Crippen LogP contribution in [0.15, 0.2) is 30.6 Å². The quantitative estimate of drug-likeness (QED) is 0.590. The first-order chi connectivity index (χ1) is 15.5. The number of hydrogen-bond acceptors (Lipinski definition) is 7. The maximum absolute atomic E-state index is 13.7. The molecule has 10 heteroatoms. The number of fused-ring (bicyclic) bond motifs is 2. The monoisotopic (exact) mass is 457 g/mol. The minimum atomic E-state index is -0.462. The summed E-state index contributed by atoms with van der Waals surface area (Å²) in [6.45, 7) is 6.39. The Morgan fingerprint density at radius 1 is 1.16 bits per heavy atom. The number of aryl methyl sites for hydroxylation is 2. The van der Waals surface area contributed by atoms with E-state index in [2.05, 4.69) is 30.3 Å². The van der Waals surface area contributed by atoms with E-state index in [0.29, 0.717) is 36.4 Å². The van der Waals surface area contributed by atoms with Gasteiger partial charge in [0, 0.05) is 48.5 Å². The van der Waals surface area contributed by atoms with E-state index in [1.165, 1.54) is 12.1 Å². The molecule has 5 rings (SSSR count). The van der Waals surface area contributed by atoms with Crippen molar-refractivity contribution in [1.82, 2.24) is 24.7 Å². The zero-order valence-electron chi connectivity index (χ0n) is 18.0. The molecule has 1 aromatic carbocycles. The first-order valence-electron chi connectivity index (χ1n) is 10.9. The second-order valence-electron chi connectivity index (χ2n) is 8.43. The van der Waals surface area contributed by atoms with E-state index in [9.17, 15) is 4.39 Å². The van der Waals surface area contributed by atoms with E-state index in [4.69, 9.17) is 16.3 Å². The van der Waals surface area contributed by atoms with Gasteiger partial charge in [-0.1, -0.05) is 11.6 Å². The summed E-state index contributed by atoms with van der Waals surface area (Å²) in [7, 11) is 0. The highest BCUT2D eigenvalue weighted by Gasteiger charge is 2.43. The highest BCUT2D eigenvalue weighted by atomic mass is 35.5. The van der Waals surface area contributed by atoms with Gasteiger partial charge in [-0.05, 0) is 50.7 Å². The number of nitrogens with zero attached hydrogens (tertiary/aromatic N) is 6. The van der Waals surface area contributed by atoms with Gasteiger partial charge in [0.2, 0.25) is 5.95 Å². The molecule has 0 spiro atoms. The Hall–Kier alpha value is -2.94. The van der Waals surface area contributed by atoms with Crippen molar-refractivity contribution in [2.24, 2.45) is 11.8 Å². The molecular weight excluding hydrogens is 433 g/mol. The van der Waals surface area contributed by atoms with Crippen molar-refractivity contribution in [2.45, 2.75) is 39.3 Å². The largest absolute Gasteiger partial charge is 0.424 e.